The fraction of sp³-hybridized carbons (Fsp3) is 0.483. The molecule has 0 aromatic heterocycles. The molecule has 2 aromatic rings. The van der Waals surface area contributed by atoms with Gasteiger partial charge in [0.15, 0.2) is 0 Å². The molecule has 0 radical (unpaired) electrons. The molecule has 6 heteroatoms. The SMILES string of the molecule is O=C1C(=Cc2ccccc2)SC(c2cccc(F)c2)N1CCCN1CCC(N2CCCCC2)CC1. The van der Waals surface area contributed by atoms with E-state index < -0.39 is 0 Å². The third kappa shape index (κ3) is 6.16. The van der Waals surface area contributed by atoms with Crippen LogP contribution in [0.15, 0.2) is 59.5 Å². The van der Waals surface area contributed by atoms with Crippen molar-refractivity contribution < 1.29 is 9.18 Å². The molecule has 186 valence electrons. The van der Waals surface area contributed by atoms with Crippen LogP contribution in [0.2, 0.25) is 0 Å². The van der Waals surface area contributed by atoms with Crippen LogP contribution in [0.5, 0.6) is 0 Å². The topological polar surface area (TPSA) is 26.8 Å². The van der Waals surface area contributed by atoms with Gasteiger partial charge in [-0.1, -0.05) is 60.6 Å². The lowest BCUT2D eigenvalue weighted by atomic mass is 10.00. The first-order chi connectivity index (χ1) is 17.2. The number of hydrogen-bond donors (Lipinski definition) is 0. The van der Waals surface area contributed by atoms with Crippen LogP contribution in [0.1, 0.15) is 55.0 Å². The highest BCUT2D eigenvalue weighted by Gasteiger charge is 2.37. The van der Waals surface area contributed by atoms with Gasteiger partial charge in [0.1, 0.15) is 11.2 Å². The lowest BCUT2D eigenvalue weighted by Gasteiger charge is -2.40. The molecule has 3 saturated heterocycles. The number of carbonyl (C=O) groups excluding carboxylic acids is 1. The average molecular weight is 494 g/mol. The van der Waals surface area contributed by atoms with Crippen LogP contribution in [-0.2, 0) is 4.79 Å². The Balaban J connectivity index is 1.20. The Morgan fingerprint density at radius 1 is 0.914 bits per heavy atom. The molecule has 2 aromatic carbocycles. The van der Waals surface area contributed by atoms with E-state index in [1.807, 2.05) is 47.4 Å². The van der Waals surface area contributed by atoms with Crippen molar-refractivity contribution >= 4 is 23.7 Å². The van der Waals surface area contributed by atoms with E-state index in [0.717, 1.165) is 48.1 Å². The Hall–Kier alpha value is -2.15. The summed E-state index contributed by atoms with van der Waals surface area (Å²) in [6, 6.07) is 17.4. The van der Waals surface area contributed by atoms with Gasteiger partial charge in [-0.15, -0.1) is 0 Å². The maximum absolute atomic E-state index is 14.0. The maximum Gasteiger partial charge on any atom is 0.261 e. The highest BCUT2D eigenvalue weighted by atomic mass is 32.2. The van der Waals surface area contributed by atoms with Crippen molar-refractivity contribution in [2.75, 3.05) is 39.3 Å². The van der Waals surface area contributed by atoms with Crippen molar-refractivity contribution in [1.82, 2.24) is 14.7 Å². The largest absolute Gasteiger partial charge is 0.322 e. The highest BCUT2D eigenvalue weighted by molar-refractivity contribution is 8.04. The van der Waals surface area contributed by atoms with Crippen molar-refractivity contribution in [3.05, 3.63) is 76.4 Å². The zero-order chi connectivity index (χ0) is 24.0. The Kier molecular flexibility index (Phi) is 8.22. The van der Waals surface area contributed by atoms with Crippen molar-refractivity contribution in [2.45, 2.75) is 49.9 Å². The summed E-state index contributed by atoms with van der Waals surface area (Å²) in [5.41, 5.74) is 1.86. The fourth-order valence-corrected chi connectivity index (χ4v) is 6.94. The van der Waals surface area contributed by atoms with E-state index in [4.69, 9.17) is 0 Å². The second kappa shape index (κ2) is 11.7. The number of likely N-dealkylation sites (tertiary alicyclic amines) is 2. The van der Waals surface area contributed by atoms with Crippen LogP contribution in [0.3, 0.4) is 0 Å². The summed E-state index contributed by atoms with van der Waals surface area (Å²) in [4.78, 5) is 21.3. The number of carbonyl (C=O) groups is 1. The maximum atomic E-state index is 14.0. The molecule has 1 atom stereocenters. The van der Waals surface area contributed by atoms with E-state index in [0.29, 0.717) is 6.54 Å². The van der Waals surface area contributed by atoms with Crippen LogP contribution < -0.4 is 0 Å². The van der Waals surface area contributed by atoms with Gasteiger partial charge in [-0.3, -0.25) is 4.79 Å². The number of halogens is 1. The third-order valence-corrected chi connectivity index (χ3v) is 8.86. The third-order valence-electron chi connectivity index (χ3n) is 7.56. The first-order valence-electron chi connectivity index (χ1n) is 13.1. The second-order valence-electron chi connectivity index (χ2n) is 9.97. The predicted molar refractivity (Wildman–Crippen MR) is 142 cm³/mol. The van der Waals surface area contributed by atoms with Gasteiger partial charge in [0.2, 0.25) is 0 Å². The normalized spacial score (nSPS) is 23.9. The molecule has 1 unspecified atom stereocenters. The van der Waals surface area contributed by atoms with Crippen molar-refractivity contribution in [3.63, 3.8) is 0 Å². The summed E-state index contributed by atoms with van der Waals surface area (Å²) < 4.78 is 14.0. The fourth-order valence-electron chi connectivity index (χ4n) is 5.66. The second-order valence-corrected chi connectivity index (χ2v) is 11.1. The van der Waals surface area contributed by atoms with E-state index >= 15 is 0 Å². The minimum absolute atomic E-state index is 0.0527. The van der Waals surface area contributed by atoms with E-state index in [-0.39, 0.29) is 17.1 Å². The molecular formula is C29H36FN3OS. The summed E-state index contributed by atoms with van der Waals surface area (Å²) >= 11 is 1.54. The summed E-state index contributed by atoms with van der Waals surface area (Å²) in [6.07, 6.45) is 9.52. The molecule has 1 amide bonds. The van der Waals surface area contributed by atoms with Gasteiger partial charge in [-0.25, -0.2) is 4.39 Å². The first kappa shape index (κ1) is 24.5. The molecule has 3 aliphatic heterocycles. The van der Waals surface area contributed by atoms with Crippen molar-refractivity contribution in [1.29, 1.82) is 0 Å². The Labute approximate surface area is 213 Å². The number of nitrogens with zero attached hydrogens (tertiary/aromatic N) is 3. The quantitative estimate of drug-likeness (QED) is 0.457. The minimum atomic E-state index is -0.257. The Bertz CT molecular complexity index is 1020. The molecule has 0 bridgehead atoms. The molecule has 0 saturated carbocycles. The summed E-state index contributed by atoms with van der Waals surface area (Å²) in [7, 11) is 0. The summed E-state index contributed by atoms with van der Waals surface area (Å²) in [5.74, 6) is -0.204. The standard InChI is InChI=1S/C29H36FN3OS/c30-25-12-7-11-24(22-25)29-33(28(34)27(35-29)21-23-9-3-1-4-10-23)18-8-15-31-19-13-26(14-20-31)32-16-5-2-6-17-32/h1,3-4,7,9-12,21-22,26,29H,2,5-6,8,13-20H2. The van der Waals surface area contributed by atoms with E-state index in [1.165, 1.54) is 63.0 Å². The molecule has 0 spiro atoms. The van der Waals surface area contributed by atoms with Gasteiger partial charge >= 0.3 is 0 Å². The monoisotopic (exact) mass is 493 g/mol. The number of amides is 1. The van der Waals surface area contributed by atoms with Crippen LogP contribution in [0, 0.1) is 5.82 Å². The minimum Gasteiger partial charge on any atom is -0.322 e. The molecule has 3 aliphatic rings. The lowest BCUT2D eigenvalue weighted by molar-refractivity contribution is -0.126. The molecule has 35 heavy (non-hydrogen) atoms. The molecule has 3 fully saturated rings. The number of rotatable bonds is 7. The molecule has 0 aliphatic carbocycles. The van der Waals surface area contributed by atoms with Crippen molar-refractivity contribution in [3.8, 4) is 0 Å². The predicted octanol–water partition coefficient (Wildman–Crippen LogP) is 5.78. The van der Waals surface area contributed by atoms with Gasteiger partial charge in [-0.05, 0) is 94.2 Å². The summed E-state index contributed by atoms with van der Waals surface area (Å²) in [5, 5.41) is -0.182. The van der Waals surface area contributed by atoms with Gasteiger partial charge in [-0.2, -0.15) is 0 Å². The Morgan fingerprint density at radius 2 is 1.69 bits per heavy atom. The van der Waals surface area contributed by atoms with Gasteiger partial charge in [0, 0.05) is 12.6 Å². The number of piperidine rings is 2. The molecule has 3 heterocycles. The van der Waals surface area contributed by atoms with Gasteiger partial charge < -0.3 is 14.7 Å². The van der Waals surface area contributed by atoms with E-state index in [2.05, 4.69) is 9.80 Å². The zero-order valence-electron chi connectivity index (χ0n) is 20.4. The Morgan fingerprint density at radius 3 is 2.43 bits per heavy atom. The number of hydrogen-bond acceptors (Lipinski definition) is 4. The molecule has 5 rings (SSSR count). The average Bonchev–Trinajstić information content (AvgIpc) is 3.20. The van der Waals surface area contributed by atoms with Crippen LogP contribution in [-0.4, -0.2) is 65.9 Å². The van der Waals surface area contributed by atoms with Crippen LogP contribution in [0.25, 0.3) is 6.08 Å². The number of thioether (sulfide) groups is 1. The lowest BCUT2D eigenvalue weighted by Crippen LogP contribution is -2.47. The first-order valence-corrected chi connectivity index (χ1v) is 14.0. The van der Waals surface area contributed by atoms with E-state index in [1.54, 1.807) is 12.1 Å². The number of benzene rings is 2. The van der Waals surface area contributed by atoms with E-state index in [9.17, 15) is 9.18 Å². The zero-order valence-corrected chi connectivity index (χ0v) is 21.3. The van der Waals surface area contributed by atoms with Gasteiger partial charge in [0.05, 0.1) is 4.91 Å². The van der Waals surface area contributed by atoms with Gasteiger partial charge in [0.25, 0.3) is 5.91 Å². The van der Waals surface area contributed by atoms with Crippen molar-refractivity contribution in [2.24, 2.45) is 0 Å². The molecular weight excluding hydrogens is 457 g/mol. The van der Waals surface area contributed by atoms with Crippen LogP contribution in [0.4, 0.5) is 4.39 Å². The van der Waals surface area contributed by atoms with Crippen LogP contribution >= 0.6 is 11.8 Å². The smallest absolute Gasteiger partial charge is 0.261 e. The molecule has 4 nitrogen and oxygen atoms in total. The summed E-state index contributed by atoms with van der Waals surface area (Å²) in [6.45, 7) is 6.55. The highest BCUT2D eigenvalue weighted by Crippen LogP contribution is 2.46. The molecule has 0 N–H and O–H groups in total.